The van der Waals surface area contributed by atoms with Crippen LogP contribution in [0, 0.1) is 24.1 Å². The summed E-state index contributed by atoms with van der Waals surface area (Å²) in [7, 11) is 1.41. The standard InChI is InChI=1S/C22H17BrFN3O3/c1-12-19(23)21(28)17(10-25)20(27-12)14-5-3-13(4-6-14)11-26-22(29)16-9-15(24)7-8-18(16)30-2/h3-9H,11H2,1-2H3,(H,26,29)(H,27,28). The number of carbonyl (C=O) groups excluding carboxylic acids is 1. The summed E-state index contributed by atoms with van der Waals surface area (Å²) in [4.78, 5) is 27.8. The molecule has 152 valence electrons. The fourth-order valence-corrected chi connectivity index (χ4v) is 3.24. The maximum absolute atomic E-state index is 13.5. The highest BCUT2D eigenvalue weighted by Crippen LogP contribution is 2.23. The lowest BCUT2D eigenvalue weighted by atomic mass is 10.0. The number of carbonyl (C=O) groups is 1. The number of aromatic nitrogens is 1. The van der Waals surface area contributed by atoms with Crippen molar-refractivity contribution < 1.29 is 13.9 Å². The number of nitriles is 1. The Bertz CT molecular complexity index is 1210. The predicted octanol–water partition coefficient (Wildman–Crippen LogP) is 4.06. The molecule has 0 aliphatic carbocycles. The summed E-state index contributed by atoms with van der Waals surface area (Å²) in [5.41, 5.74) is 2.27. The molecule has 0 aliphatic rings. The smallest absolute Gasteiger partial charge is 0.255 e. The Morgan fingerprint density at radius 2 is 1.97 bits per heavy atom. The molecule has 3 aromatic rings. The molecule has 0 bridgehead atoms. The minimum absolute atomic E-state index is 0.0201. The van der Waals surface area contributed by atoms with E-state index in [0.717, 1.165) is 11.6 Å². The van der Waals surface area contributed by atoms with Gasteiger partial charge in [-0.1, -0.05) is 24.3 Å². The van der Waals surface area contributed by atoms with Crippen molar-refractivity contribution in [2.45, 2.75) is 13.5 Å². The van der Waals surface area contributed by atoms with Gasteiger partial charge in [-0.2, -0.15) is 5.26 Å². The fourth-order valence-electron chi connectivity index (χ4n) is 2.95. The van der Waals surface area contributed by atoms with Crippen LogP contribution >= 0.6 is 15.9 Å². The summed E-state index contributed by atoms with van der Waals surface area (Å²) in [6, 6.07) is 12.7. The second-order valence-corrected chi connectivity index (χ2v) is 7.27. The Kier molecular flexibility index (Phi) is 6.33. The van der Waals surface area contributed by atoms with Crippen molar-refractivity contribution in [1.82, 2.24) is 10.3 Å². The summed E-state index contributed by atoms with van der Waals surface area (Å²) >= 11 is 3.19. The number of aryl methyl sites for hydroxylation is 1. The highest BCUT2D eigenvalue weighted by molar-refractivity contribution is 9.10. The number of rotatable bonds is 5. The quantitative estimate of drug-likeness (QED) is 0.588. The second-order valence-electron chi connectivity index (χ2n) is 6.48. The number of ether oxygens (including phenoxy) is 1. The summed E-state index contributed by atoms with van der Waals surface area (Å²) in [5.74, 6) is -0.713. The first kappa shape index (κ1) is 21.3. The van der Waals surface area contributed by atoms with E-state index in [1.807, 2.05) is 6.07 Å². The zero-order valence-corrected chi connectivity index (χ0v) is 17.8. The molecule has 0 unspecified atom stereocenters. The summed E-state index contributed by atoms with van der Waals surface area (Å²) in [5, 5.41) is 12.1. The van der Waals surface area contributed by atoms with Crippen LogP contribution in [0.1, 0.15) is 27.2 Å². The molecule has 30 heavy (non-hydrogen) atoms. The highest BCUT2D eigenvalue weighted by atomic mass is 79.9. The molecule has 0 fully saturated rings. The van der Waals surface area contributed by atoms with Crippen LogP contribution in [-0.2, 0) is 6.54 Å². The van der Waals surface area contributed by atoms with E-state index in [1.165, 1.54) is 19.2 Å². The van der Waals surface area contributed by atoms with Gasteiger partial charge in [0.15, 0.2) is 0 Å². The van der Waals surface area contributed by atoms with Crippen LogP contribution in [0.5, 0.6) is 5.75 Å². The number of benzene rings is 2. The van der Waals surface area contributed by atoms with Crippen molar-refractivity contribution in [3.63, 3.8) is 0 Å². The molecule has 1 amide bonds. The molecule has 3 rings (SSSR count). The first-order valence-corrected chi connectivity index (χ1v) is 9.68. The normalized spacial score (nSPS) is 10.4. The molecule has 0 radical (unpaired) electrons. The lowest BCUT2D eigenvalue weighted by Gasteiger charge is -2.11. The molecule has 8 heteroatoms. The van der Waals surface area contributed by atoms with E-state index >= 15 is 0 Å². The van der Waals surface area contributed by atoms with Gasteiger partial charge in [-0.3, -0.25) is 9.59 Å². The maximum atomic E-state index is 13.5. The Morgan fingerprint density at radius 1 is 1.27 bits per heavy atom. The van der Waals surface area contributed by atoms with Gasteiger partial charge in [0.2, 0.25) is 5.43 Å². The lowest BCUT2D eigenvalue weighted by molar-refractivity contribution is 0.0947. The zero-order valence-electron chi connectivity index (χ0n) is 16.2. The van der Waals surface area contributed by atoms with Gasteiger partial charge in [0.05, 0.1) is 22.8 Å². The van der Waals surface area contributed by atoms with Crippen molar-refractivity contribution in [2.75, 3.05) is 7.11 Å². The summed E-state index contributed by atoms with van der Waals surface area (Å²) < 4.78 is 18.9. The topological polar surface area (TPSA) is 95.0 Å². The van der Waals surface area contributed by atoms with Gasteiger partial charge >= 0.3 is 0 Å². The van der Waals surface area contributed by atoms with E-state index in [0.29, 0.717) is 21.4 Å². The largest absolute Gasteiger partial charge is 0.496 e. The summed E-state index contributed by atoms with van der Waals surface area (Å²) in [6.45, 7) is 1.94. The molecule has 0 aliphatic heterocycles. The third-order valence-electron chi connectivity index (χ3n) is 4.53. The number of amides is 1. The molecule has 2 aromatic carbocycles. The van der Waals surface area contributed by atoms with Crippen LogP contribution in [0.25, 0.3) is 11.3 Å². The van der Waals surface area contributed by atoms with Gasteiger partial charge in [-0.25, -0.2) is 4.39 Å². The molecule has 0 spiro atoms. The number of aromatic amines is 1. The van der Waals surface area contributed by atoms with Crippen LogP contribution in [0.4, 0.5) is 4.39 Å². The van der Waals surface area contributed by atoms with Crippen molar-refractivity contribution >= 4 is 21.8 Å². The average molecular weight is 470 g/mol. The number of pyridine rings is 1. The molecular formula is C22H17BrFN3O3. The monoisotopic (exact) mass is 469 g/mol. The summed E-state index contributed by atoms with van der Waals surface area (Å²) in [6.07, 6.45) is 0. The van der Waals surface area contributed by atoms with E-state index < -0.39 is 11.7 Å². The SMILES string of the molecule is COc1ccc(F)cc1C(=O)NCc1ccc(-c2[nH]c(C)c(Br)c(=O)c2C#N)cc1. The number of methoxy groups -OCH3 is 1. The molecule has 1 heterocycles. The van der Waals surface area contributed by atoms with Crippen molar-refractivity contribution in [1.29, 1.82) is 5.26 Å². The van der Waals surface area contributed by atoms with Crippen LogP contribution in [-0.4, -0.2) is 18.0 Å². The third kappa shape index (κ3) is 4.26. The molecule has 2 N–H and O–H groups in total. The molecule has 6 nitrogen and oxygen atoms in total. The number of hydrogen-bond donors (Lipinski definition) is 2. The zero-order chi connectivity index (χ0) is 21.8. The Morgan fingerprint density at radius 3 is 2.60 bits per heavy atom. The van der Waals surface area contributed by atoms with Crippen molar-refractivity contribution in [2.24, 2.45) is 0 Å². The number of H-pyrrole nitrogens is 1. The van der Waals surface area contributed by atoms with Crippen LogP contribution < -0.4 is 15.5 Å². The lowest BCUT2D eigenvalue weighted by Crippen LogP contribution is -2.23. The number of halogens is 2. The second kappa shape index (κ2) is 8.93. The Balaban J connectivity index is 1.80. The minimum atomic E-state index is -0.530. The first-order valence-electron chi connectivity index (χ1n) is 8.89. The highest BCUT2D eigenvalue weighted by Gasteiger charge is 2.15. The van der Waals surface area contributed by atoms with Gasteiger partial charge in [0.1, 0.15) is 23.2 Å². The van der Waals surface area contributed by atoms with E-state index in [4.69, 9.17) is 4.74 Å². The van der Waals surface area contributed by atoms with E-state index in [9.17, 15) is 19.2 Å². The van der Waals surface area contributed by atoms with E-state index in [2.05, 4.69) is 26.2 Å². The van der Waals surface area contributed by atoms with Gasteiger partial charge in [0.25, 0.3) is 5.91 Å². The number of nitrogens with one attached hydrogen (secondary N) is 2. The van der Waals surface area contributed by atoms with E-state index in [1.54, 1.807) is 31.2 Å². The molecular weight excluding hydrogens is 453 g/mol. The van der Waals surface area contributed by atoms with Gasteiger partial charge in [-0.05, 0) is 52.2 Å². The van der Waals surface area contributed by atoms with Gasteiger partial charge in [0, 0.05) is 12.2 Å². The average Bonchev–Trinajstić information content (AvgIpc) is 2.76. The number of hydrogen-bond acceptors (Lipinski definition) is 4. The predicted molar refractivity (Wildman–Crippen MR) is 114 cm³/mol. The molecule has 1 aromatic heterocycles. The van der Waals surface area contributed by atoms with Crippen molar-refractivity contribution in [3.8, 4) is 23.1 Å². The van der Waals surface area contributed by atoms with Crippen LogP contribution in [0.3, 0.4) is 0 Å². The molecule has 0 saturated carbocycles. The minimum Gasteiger partial charge on any atom is -0.496 e. The van der Waals surface area contributed by atoms with Gasteiger partial charge in [-0.15, -0.1) is 0 Å². The Hall–Kier alpha value is -3.44. The third-order valence-corrected chi connectivity index (χ3v) is 5.49. The van der Waals surface area contributed by atoms with Crippen LogP contribution in [0.15, 0.2) is 51.7 Å². The first-order chi connectivity index (χ1) is 14.3. The van der Waals surface area contributed by atoms with Gasteiger partial charge < -0.3 is 15.0 Å². The maximum Gasteiger partial charge on any atom is 0.255 e. The fraction of sp³-hybridized carbons (Fsp3) is 0.136. The van der Waals surface area contributed by atoms with Crippen LogP contribution in [0.2, 0.25) is 0 Å². The van der Waals surface area contributed by atoms with E-state index in [-0.39, 0.29) is 28.8 Å². The molecule has 0 atom stereocenters. The molecule has 0 saturated heterocycles. The van der Waals surface area contributed by atoms with Crippen molar-refractivity contribution in [3.05, 3.63) is 85.4 Å². The number of nitrogens with zero attached hydrogens (tertiary/aromatic N) is 1. The Labute approximate surface area is 180 Å².